The van der Waals surface area contributed by atoms with Crippen molar-refractivity contribution < 1.29 is 27.8 Å². The number of halogens is 1. The van der Waals surface area contributed by atoms with E-state index in [1.54, 1.807) is 16.9 Å². The van der Waals surface area contributed by atoms with Crippen LogP contribution in [0.3, 0.4) is 0 Å². The van der Waals surface area contributed by atoms with Gasteiger partial charge in [0.05, 0.1) is 0 Å². The largest absolute Gasteiger partial charge is 0.506 e. The summed E-state index contributed by atoms with van der Waals surface area (Å²) in [6, 6.07) is 5.94. The average molecular weight is 340 g/mol. The Balaban J connectivity index is 2.23. The monoisotopic (exact) mass is 340 g/mol. The molecule has 1 heterocycles. The van der Waals surface area contributed by atoms with Gasteiger partial charge < -0.3 is 10.2 Å². The number of anilines is 1. The minimum absolute atomic E-state index is 0.0956. The molecule has 0 spiro atoms. The van der Waals surface area contributed by atoms with E-state index in [-0.39, 0.29) is 12.0 Å². The molecule has 1 fully saturated rings. The highest BCUT2D eigenvalue weighted by Crippen LogP contribution is 2.38. The number of fused-ring (bicyclic) bond motifs is 1. The fraction of sp³-hybridized carbons (Fsp3) is 0.214. The standard InChI is InChI=1S/C14H13FN2O5S/c15-13-10-5-8(3-4-18)1-2-9(10)6-11(19)14(13)17-7-12(20)16-23(17,21)22/h1-2,5-6,18-19H,3-4,7H2,(H,16,20). The smallest absolute Gasteiger partial charge is 0.326 e. The predicted octanol–water partition coefficient (Wildman–Crippen LogP) is 0.400. The molecule has 0 aromatic heterocycles. The molecule has 7 nitrogen and oxygen atoms in total. The number of carbonyl (C=O) groups excluding carboxylic acids is 1. The minimum Gasteiger partial charge on any atom is -0.506 e. The molecule has 3 N–H and O–H groups in total. The Morgan fingerprint density at radius 2 is 2.04 bits per heavy atom. The summed E-state index contributed by atoms with van der Waals surface area (Å²) in [5.41, 5.74) is 0.0889. The van der Waals surface area contributed by atoms with Crippen molar-refractivity contribution in [1.82, 2.24) is 4.72 Å². The average Bonchev–Trinajstić information content (AvgIpc) is 2.73. The van der Waals surface area contributed by atoms with Crippen LogP contribution in [0, 0.1) is 5.82 Å². The zero-order chi connectivity index (χ0) is 16.8. The molecule has 0 atom stereocenters. The molecule has 2 aromatic carbocycles. The molecule has 1 amide bonds. The number of nitrogens with one attached hydrogen (secondary N) is 1. The van der Waals surface area contributed by atoms with Crippen molar-refractivity contribution in [2.24, 2.45) is 0 Å². The van der Waals surface area contributed by atoms with Crippen LogP contribution in [-0.4, -0.2) is 37.7 Å². The van der Waals surface area contributed by atoms with E-state index in [2.05, 4.69) is 0 Å². The van der Waals surface area contributed by atoms with Gasteiger partial charge in [0.1, 0.15) is 18.0 Å². The Bertz CT molecular complexity index is 913. The van der Waals surface area contributed by atoms with Crippen LogP contribution in [-0.2, 0) is 21.4 Å². The highest BCUT2D eigenvalue weighted by molar-refractivity contribution is 7.92. The molecule has 1 aliphatic heterocycles. The second-order valence-corrected chi connectivity index (χ2v) is 6.72. The third kappa shape index (κ3) is 2.57. The first-order valence-corrected chi connectivity index (χ1v) is 8.16. The number of phenolic OH excluding ortho intramolecular Hbond substituents is 1. The SMILES string of the molecule is O=C1CN(c2c(O)cc3ccc(CCO)cc3c2F)S(=O)(=O)N1. The molecule has 122 valence electrons. The van der Waals surface area contributed by atoms with Gasteiger partial charge >= 0.3 is 10.2 Å². The van der Waals surface area contributed by atoms with Gasteiger partial charge in [-0.15, -0.1) is 0 Å². The van der Waals surface area contributed by atoms with E-state index in [1.807, 2.05) is 0 Å². The highest BCUT2D eigenvalue weighted by atomic mass is 32.2. The molecular formula is C14H13FN2O5S. The van der Waals surface area contributed by atoms with E-state index >= 15 is 0 Å². The molecule has 2 aromatic rings. The van der Waals surface area contributed by atoms with Crippen molar-refractivity contribution in [2.75, 3.05) is 17.5 Å². The Hall–Kier alpha value is -2.39. The van der Waals surface area contributed by atoms with Gasteiger partial charge in [0, 0.05) is 12.0 Å². The molecule has 0 aliphatic carbocycles. The van der Waals surface area contributed by atoms with Crippen LogP contribution in [0.15, 0.2) is 24.3 Å². The highest BCUT2D eigenvalue weighted by Gasteiger charge is 2.37. The maximum atomic E-state index is 14.8. The number of carbonyl (C=O) groups is 1. The summed E-state index contributed by atoms with van der Waals surface area (Å²) in [7, 11) is -4.23. The summed E-state index contributed by atoms with van der Waals surface area (Å²) in [4.78, 5) is 11.3. The summed E-state index contributed by atoms with van der Waals surface area (Å²) >= 11 is 0. The van der Waals surface area contributed by atoms with Crippen LogP contribution >= 0.6 is 0 Å². The fourth-order valence-corrected chi connectivity index (χ4v) is 3.71. The zero-order valence-electron chi connectivity index (χ0n) is 11.8. The lowest BCUT2D eigenvalue weighted by atomic mass is 10.0. The Morgan fingerprint density at radius 3 is 2.65 bits per heavy atom. The number of amides is 1. The van der Waals surface area contributed by atoms with Crippen LogP contribution in [0.1, 0.15) is 5.56 Å². The minimum atomic E-state index is -4.23. The Labute approximate surface area is 131 Å². The van der Waals surface area contributed by atoms with Crippen LogP contribution in [0.2, 0.25) is 0 Å². The van der Waals surface area contributed by atoms with Gasteiger partial charge in [-0.2, -0.15) is 8.42 Å². The van der Waals surface area contributed by atoms with Gasteiger partial charge in [0.15, 0.2) is 5.82 Å². The summed E-state index contributed by atoms with van der Waals surface area (Å²) in [5, 5.41) is 19.5. The molecule has 9 heteroatoms. The Morgan fingerprint density at radius 1 is 1.30 bits per heavy atom. The maximum Gasteiger partial charge on any atom is 0.326 e. The summed E-state index contributed by atoms with van der Waals surface area (Å²) in [5.74, 6) is -2.33. The molecule has 0 saturated carbocycles. The number of aliphatic hydroxyl groups is 1. The lowest BCUT2D eigenvalue weighted by Gasteiger charge is -2.18. The second-order valence-electron chi connectivity index (χ2n) is 5.12. The number of rotatable bonds is 3. The number of phenols is 1. The summed E-state index contributed by atoms with van der Waals surface area (Å²) < 4.78 is 40.8. The normalized spacial score (nSPS) is 16.8. The van der Waals surface area contributed by atoms with Gasteiger partial charge in [0.25, 0.3) is 5.91 Å². The third-order valence-electron chi connectivity index (χ3n) is 3.57. The number of benzene rings is 2. The lowest BCUT2D eigenvalue weighted by molar-refractivity contribution is -0.117. The summed E-state index contributed by atoms with van der Waals surface area (Å²) in [6.07, 6.45) is 0.313. The Kier molecular flexibility index (Phi) is 3.61. The number of nitrogens with zero attached hydrogens (tertiary/aromatic N) is 1. The van der Waals surface area contributed by atoms with Gasteiger partial charge in [0.2, 0.25) is 0 Å². The quantitative estimate of drug-likeness (QED) is 0.750. The van der Waals surface area contributed by atoms with Crippen LogP contribution in [0.4, 0.5) is 10.1 Å². The molecule has 0 radical (unpaired) electrons. The molecule has 0 unspecified atom stereocenters. The first kappa shape index (κ1) is 15.5. The first-order chi connectivity index (χ1) is 10.8. The predicted molar refractivity (Wildman–Crippen MR) is 80.8 cm³/mol. The van der Waals surface area contributed by atoms with E-state index in [4.69, 9.17) is 5.11 Å². The number of aromatic hydroxyl groups is 1. The number of aliphatic hydroxyl groups excluding tert-OH is 1. The number of hydrogen-bond acceptors (Lipinski definition) is 5. The van der Waals surface area contributed by atoms with Crippen LogP contribution < -0.4 is 9.03 Å². The maximum absolute atomic E-state index is 14.8. The molecule has 1 aliphatic rings. The second kappa shape index (κ2) is 5.36. The van der Waals surface area contributed by atoms with Crippen molar-refractivity contribution >= 4 is 32.6 Å². The van der Waals surface area contributed by atoms with Crippen LogP contribution in [0.25, 0.3) is 10.8 Å². The van der Waals surface area contributed by atoms with E-state index < -0.39 is 39.9 Å². The third-order valence-corrected chi connectivity index (χ3v) is 4.94. The molecule has 1 saturated heterocycles. The zero-order valence-corrected chi connectivity index (χ0v) is 12.6. The van der Waals surface area contributed by atoms with Gasteiger partial charge in [-0.1, -0.05) is 12.1 Å². The van der Waals surface area contributed by atoms with Crippen molar-refractivity contribution in [2.45, 2.75) is 6.42 Å². The summed E-state index contributed by atoms with van der Waals surface area (Å²) in [6.45, 7) is -0.717. The van der Waals surface area contributed by atoms with E-state index in [9.17, 15) is 22.7 Å². The number of hydrogen-bond donors (Lipinski definition) is 3. The van der Waals surface area contributed by atoms with Crippen molar-refractivity contribution in [3.05, 3.63) is 35.6 Å². The molecule has 23 heavy (non-hydrogen) atoms. The van der Waals surface area contributed by atoms with E-state index in [0.717, 1.165) is 0 Å². The fourth-order valence-electron chi connectivity index (χ4n) is 2.54. The lowest BCUT2D eigenvalue weighted by Crippen LogP contribution is -2.30. The molecule has 3 rings (SSSR count). The molecular weight excluding hydrogens is 327 g/mol. The van der Waals surface area contributed by atoms with Crippen molar-refractivity contribution in [3.8, 4) is 5.75 Å². The van der Waals surface area contributed by atoms with Gasteiger partial charge in [-0.05, 0) is 29.5 Å². The topological polar surface area (TPSA) is 107 Å². The molecule has 0 bridgehead atoms. The van der Waals surface area contributed by atoms with E-state index in [0.29, 0.717) is 21.7 Å². The van der Waals surface area contributed by atoms with Crippen LogP contribution in [0.5, 0.6) is 5.75 Å². The first-order valence-electron chi connectivity index (χ1n) is 6.72. The van der Waals surface area contributed by atoms with Crippen molar-refractivity contribution in [1.29, 1.82) is 0 Å². The van der Waals surface area contributed by atoms with E-state index in [1.165, 1.54) is 12.1 Å². The van der Waals surface area contributed by atoms with Gasteiger partial charge in [-0.25, -0.2) is 13.4 Å². The van der Waals surface area contributed by atoms with Gasteiger partial charge in [-0.3, -0.25) is 4.79 Å². The van der Waals surface area contributed by atoms with Crippen molar-refractivity contribution in [3.63, 3.8) is 0 Å².